The van der Waals surface area contributed by atoms with Gasteiger partial charge in [0.1, 0.15) is 48.8 Å². The lowest BCUT2D eigenvalue weighted by Gasteiger charge is -2.47. The van der Waals surface area contributed by atoms with Crippen LogP contribution in [0.2, 0.25) is 0 Å². The van der Waals surface area contributed by atoms with E-state index >= 15 is 0 Å². The maximum absolute atomic E-state index is 12.0. The molecule has 2 saturated heterocycles. The highest BCUT2D eigenvalue weighted by Crippen LogP contribution is 2.33. The van der Waals surface area contributed by atoms with Crippen LogP contribution < -0.4 is 0 Å². The molecule has 10 atom stereocenters. The van der Waals surface area contributed by atoms with Crippen LogP contribution in [0.5, 0.6) is 0 Å². The van der Waals surface area contributed by atoms with Gasteiger partial charge in [0.15, 0.2) is 12.6 Å². The summed E-state index contributed by atoms with van der Waals surface area (Å²) in [4.78, 5) is 0. The Morgan fingerprint density at radius 2 is 0.677 bits per heavy atom. The summed E-state index contributed by atoms with van der Waals surface area (Å²) >= 11 is 0. The predicted molar refractivity (Wildman–Crippen MR) is 243 cm³/mol. The summed E-state index contributed by atoms with van der Waals surface area (Å²) < 4.78 is 59.1. The van der Waals surface area contributed by atoms with E-state index in [1.165, 1.54) is 0 Å². The lowest BCUT2D eigenvalue weighted by Crippen LogP contribution is -2.63. The van der Waals surface area contributed by atoms with Gasteiger partial charge in [0.05, 0.1) is 52.9 Å². The normalized spacial score (nSPS) is 25.6. The first-order chi connectivity index (χ1) is 32.1. The molecule has 0 aromatic heterocycles. The minimum atomic E-state index is -1.45. The van der Waals surface area contributed by atoms with Gasteiger partial charge in [-0.25, -0.2) is 0 Å². The third kappa shape index (κ3) is 13.5. The number of benzene rings is 6. The molecule has 11 nitrogen and oxygen atoms in total. The number of hydrogen-bond acceptors (Lipinski definition) is 11. The Labute approximate surface area is 381 Å². The third-order valence-corrected chi connectivity index (χ3v) is 11.5. The van der Waals surface area contributed by atoms with E-state index in [4.69, 9.17) is 42.6 Å². The van der Waals surface area contributed by atoms with E-state index in [9.17, 15) is 10.2 Å². The lowest BCUT2D eigenvalue weighted by atomic mass is 9.97. The largest absolute Gasteiger partial charge is 0.387 e. The number of rotatable bonds is 22. The summed E-state index contributed by atoms with van der Waals surface area (Å²) in [6.07, 6.45) is -9.77. The molecule has 0 saturated carbocycles. The van der Waals surface area contributed by atoms with E-state index in [-0.39, 0.29) is 46.2 Å². The second-order valence-corrected chi connectivity index (χ2v) is 16.2. The lowest BCUT2D eigenvalue weighted by molar-refractivity contribution is -0.346. The van der Waals surface area contributed by atoms with E-state index in [1.807, 2.05) is 182 Å². The molecule has 2 heterocycles. The Balaban J connectivity index is 1.07. The quantitative estimate of drug-likeness (QED) is 0.0691. The fourth-order valence-electron chi connectivity index (χ4n) is 8.02. The first kappa shape index (κ1) is 46.4. The van der Waals surface area contributed by atoms with E-state index in [0.717, 1.165) is 33.4 Å². The summed E-state index contributed by atoms with van der Waals surface area (Å²) in [5, 5.41) is 23.6. The highest BCUT2D eigenvalue weighted by molar-refractivity contribution is 5.18. The Morgan fingerprint density at radius 3 is 1.11 bits per heavy atom. The van der Waals surface area contributed by atoms with Crippen molar-refractivity contribution in [3.05, 3.63) is 215 Å². The zero-order valence-corrected chi connectivity index (χ0v) is 36.3. The van der Waals surface area contributed by atoms with Crippen molar-refractivity contribution in [2.24, 2.45) is 0 Å². The number of aliphatic hydroxyl groups is 2. The van der Waals surface area contributed by atoms with E-state index < -0.39 is 61.4 Å². The molecular formula is C54H58O11. The molecule has 65 heavy (non-hydrogen) atoms. The van der Waals surface area contributed by atoms with Crippen LogP contribution in [0.4, 0.5) is 0 Å². The molecule has 340 valence electrons. The molecule has 0 amide bonds. The van der Waals surface area contributed by atoms with Gasteiger partial charge in [-0.3, -0.25) is 0 Å². The molecular weight excluding hydrogens is 825 g/mol. The van der Waals surface area contributed by atoms with Crippen molar-refractivity contribution in [2.75, 3.05) is 13.2 Å². The molecule has 11 heteroatoms. The van der Waals surface area contributed by atoms with Crippen molar-refractivity contribution < 1.29 is 52.8 Å². The van der Waals surface area contributed by atoms with Gasteiger partial charge in [-0.2, -0.15) is 0 Å². The van der Waals surface area contributed by atoms with Gasteiger partial charge in [0.2, 0.25) is 0 Å². The second kappa shape index (κ2) is 24.4. The monoisotopic (exact) mass is 882 g/mol. The Bertz CT molecular complexity index is 2210. The van der Waals surface area contributed by atoms with Gasteiger partial charge >= 0.3 is 0 Å². The number of aliphatic hydroxyl groups excluding tert-OH is 2. The van der Waals surface area contributed by atoms with Gasteiger partial charge < -0.3 is 52.8 Å². The van der Waals surface area contributed by atoms with Crippen molar-refractivity contribution in [1.82, 2.24) is 0 Å². The highest BCUT2D eigenvalue weighted by atomic mass is 16.7. The summed E-state index contributed by atoms with van der Waals surface area (Å²) in [6.45, 7) is 1.39. The first-order valence-electron chi connectivity index (χ1n) is 22.3. The molecule has 0 bridgehead atoms. The molecule has 2 N–H and O–H groups in total. The standard InChI is InChI=1S/C54H58O11/c55-47-45(64-53(56)51(61-35-43-27-15-5-16-28-43)49(47)59-33-41-23-11-3-12-24-41)38-63-54-52(62-36-44-29-17-6-18-30-44)50(60-34-42-25-13-4-14-26-42)48(58-32-40-21-9-2-10-22-40)46(65-54)37-57-31-39-19-7-1-8-20-39/h1-30,45-56H,31-38H2/t45-,46-,47+,48+,49+,50+,51-,52-,53+,54-/m1/s1. The van der Waals surface area contributed by atoms with Crippen LogP contribution in [0.15, 0.2) is 182 Å². The average Bonchev–Trinajstić information content (AvgIpc) is 3.36. The maximum Gasteiger partial charge on any atom is 0.187 e. The molecule has 0 spiro atoms. The molecule has 2 fully saturated rings. The molecule has 8 rings (SSSR count). The molecule has 0 radical (unpaired) electrons. The molecule has 0 aliphatic carbocycles. The van der Waals surface area contributed by atoms with Crippen molar-refractivity contribution in [3.8, 4) is 0 Å². The Morgan fingerprint density at radius 1 is 0.323 bits per heavy atom. The third-order valence-electron chi connectivity index (χ3n) is 11.5. The molecule has 6 aromatic rings. The average molecular weight is 883 g/mol. The van der Waals surface area contributed by atoms with E-state index in [1.54, 1.807) is 0 Å². The van der Waals surface area contributed by atoms with Crippen LogP contribution in [-0.2, 0) is 82.3 Å². The first-order valence-corrected chi connectivity index (χ1v) is 22.3. The number of ether oxygens (including phenoxy) is 9. The van der Waals surface area contributed by atoms with Crippen molar-refractivity contribution in [3.63, 3.8) is 0 Å². The maximum atomic E-state index is 12.0. The van der Waals surface area contributed by atoms with Crippen LogP contribution in [0.1, 0.15) is 33.4 Å². The van der Waals surface area contributed by atoms with Crippen LogP contribution in [0, 0.1) is 0 Å². The Kier molecular flexibility index (Phi) is 17.4. The fraction of sp³-hybridized carbons (Fsp3) is 0.333. The van der Waals surface area contributed by atoms with Crippen molar-refractivity contribution >= 4 is 0 Å². The van der Waals surface area contributed by atoms with Crippen LogP contribution in [0.25, 0.3) is 0 Å². The van der Waals surface area contributed by atoms with Gasteiger partial charge in [-0.15, -0.1) is 0 Å². The summed E-state index contributed by atoms with van der Waals surface area (Å²) in [6, 6.07) is 58.9. The SMILES string of the molecule is O[C@@H]1[C@H](OCc2ccccc2)[C@@H](OCc2ccccc2)[C@@H](O)O[C@@H]1CO[C@@H]1O[C@H](COCc2ccccc2)[C@H](OCc2ccccc2)[C@H](OCc2ccccc2)[C@H]1OCc1ccccc1. The number of hydrogen-bond donors (Lipinski definition) is 2. The van der Waals surface area contributed by atoms with Gasteiger partial charge in [-0.1, -0.05) is 182 Å². The minimum Gasteiger partial charge on any atom is -0.387 e. The predicted octanol–water partition coefficient (Wildman–Crippen LogP) is 7.95. The minimum absolute atomic E-state index is 0.141. The highest BCUT2D eigenvalue weighted by Gasteiger charge is 2.51. The smallest absolute Gasteiger partial charge is 0.187 e. The van der Waals surface area contributed by atoms with E-state index in [2.05, 4.69) is 0 Å². The van der Waals surface area contributed by atoms with Crippen molar-refractivity contribution in [1.29, 1.82) is 0 Å². The summed E-state index contributed by atoms with van der Waals surface area (Å²) in [7, 11) is 0. The Hall–Kier alpha value is -5.12. The zero-order valence-electron chi connectivity index (χ0n) is 36.3. The van der Waals surface area contributed by atoms with E-state index in [0.29, 0.717) is 6.61 Å². The van der Waals surface area contributed by atoms with Crippen molar-refractivity contribution in [2.45, 2.75) is 101 Å². The van der Waals surface area contributed by atoms with Gasteiger partial charge in [-0.05, 0) is 33.4 Å². The van der Waals surface area contributed by atoms with Crippen LogP contribution in [0.3, 0.4) is 0 Å². The molecule has 0 unspecified atom stereocenters. The molecule has 6 aromatic carbocycles. The topological polar surface area (TPSA) is 124 Å². The molecule has 2 aliphatic rings. The molecule has 2 aliphatic heterocycles. The second-order valence-electron chi connectivity index (χ2n) is 16.2. The van der Waals surface area contributed by atoms with Crippen LogP contribution in [-0.4, -0.2) is 84.8 Å². The van der Waals surface area contributed by atoms with Gasteiger partial charge in [0.25, 0.3) is 0 Å². The summed E-state index contributed by atoms with van der Waals surface area (Å²) in [5.74, 6) is 0. The zero-order chi connectivity index (χ0) is 44.5. The van der Waals surface area contributed by atoms with Crippen LogP contribution >= 0.6 is 0 Å². The fourth-order valence-corrected chi connectivity index (χ4v) is 8.02. The summed E-state index contributed by atoms with van der Waals surface area (Å²) in [5.41, 5.74) is 5.70. The van der Waals surface area contributed by atoms with Gasteiger partial charge in [0, 0.05) is 0 Å².